The van der Waals surface area contributed by atoms with Crippen LogP contribution in [-0.4, -0.2) is 30.0 Å². The van der Waals surface area contributed by atoms with Crippen LogP contribution in [0.5, 0.6) is 0 Å². The molecule has 0 saturated heterocycles. The molecule has 0 atom stereocenters. The normalized spacial score (nSPS) is 10.8. The number of aromatic nitrogens is 4. The van der Waals surface area contributed by atoms with Crippen LogP contribution in [0.2, 0.25) is 0 Å². The molecule has 11 heteroatoms. The molecular weight excluding hydrogens is 440 g/mol. The molecule has 2 aromatic carbocycles. The number of carbonyl (C=O) groups excluding carboxylic acids is 1. The zero-order valence-electron chi connectivity index (χ0n) is 18.6. The number of nitrogens with one attached hydrogen (secondary N) is 1. The van der Waals surface area contributed by atoms with Crippen molar-refractivity contribution in [1.82, 2.24) is 19.1 Å². The third-order valence-corrected chi connectivity index (χ3v) is 5.42. The molecule has 172 valence electrons. The Morgan fingerprint density at radius 3 is 2.35 bits per heavy atom. The maximum atomic E-state index is 13.1. The average molecular weight is 460 g/mol. The van der Waals surface area contributed by atoms with Crippen LogP contribution in [0, 0.1) is 24.0 Å². The number of rotatable bonds is 5. The van der Waals surface area contributed by atoms with Gasteiger partial charge in [-0.15, -0.1) is 0 Å². The van der Waals surface area contributed by atoms with Gasteiger partial charge in [-0.1, -0.05) is 30.3 Å². The zero-order chi connectivity index (χ0) is 24.6. The van der Waals surface area contributed by atoms with Gasteiger partial charge < -0.3 is 5.32 Å². The van der Waals surface area contributed by atoms with Crippen LogP contribution in [0.1, 0.15) is 21.9 Å². The highest BCUT2D eigenvalue weighted by Gasteiger charge is 2.23. The van der Waals surface area contributed by atoms with E-state index >= 15 is 0 Å². The molecule has 0 aliphatic heterocycles. The molecule has 0 aliphatic rings. The minimum atomic E-state index is -0.900. The van der Waals surface area contributed by atoms with Crippen LogP contribution in [-0.2, 0) is 7.05 Å². The molecule has 4 aromatic rings. The van der Waals surface area contributed by atoms with Crippen molar-refractivity contribution in [3.05, 3.63) is 108 Å². The molecule has 0 aliphatic carbocycles. The second kappa shape index (κ2) is 8.62. The van der Waals surface area contributed by atoms with E-state index in [1.54, 1.807) is 55.9 Å². The number of nitro groups is 1. The van der Waals surface area contributed by atoms with Crippen molar-refractivity contribution >= 4 is 17.3 Å². The molecular formula is C23H20N6O5. The molecule has 2 aromatic heterocycles. The van der Waals surface area contributed by atoms with E-state index in [9.17, 15) is 24.5 Å². The zero-order valence-corrected chi connectivity index (χ0v) is 18.6. The summed E-state index contributed by atoms with van der Waals surface area (Å²) in [4.78, 5) is 49.6. The van der Waals surface area contributed by atoms with Gasteiger partial charge in [-0.2, -0.15) is 5.10 Å². The SMILES string of the molecule is Cc1cc(=O)c(C(=O)Nc2c(C)n(C)n(-c3ccccc3)c2=O)nn1-c1ccccc1[N+](=O)[O-]. The Hall–Kier alpha value is -4.80. The van der Waals surface area contributed by atoms with Gasteiger partial charge in [0.2, 0.25) is 5.43 Å². The highest BCUT2D eigenvalue weighted by molar-refractivity contribution is 6.03. The number of nitrogens with zero attached hydrogens (tertiary/aromatic N) is 5. The Bertz CT molecular complexity index is 1550. The van der Waals surface area contributed by atoms with Crippen molar-refractivity contribution < 1.29 is 9.72 Å². The summed E-state index contributed by atoms with van der Waals surface area (Å²) in [6, 6.07) is 15.9. The molecule has 34 heavy (non-hydrogen) atoms. The van der Waals surface area contributed by atoms with Crippen molar-refractivity contribution in [2.75, 3.05) is 5.32 Å². The van der Waals surface area contributed by atoms with Crippen LogP contribution < -0.4 is 16.3 Å². The predicted molar refractivity (Wildman–Crippen MR) is 125 cm³/mol. The van der Waals surface area contributed by atoms with E-state index in [0.717, 1.165) is 4.68 Å². The van der Waals surface area contributed by atoms with Crippen LogP contribution >= 0.6 is 0 Å². The molecule has 1 N–H and O–H groups in total. The van der Waals surface area contributed by atoms with Crippen LogP contribution in [0.15, 0.2) is 70.3 Å². The molecule has 2 heterocycles. The highest BCUT2D eigenvalue weighted by Crippen LogP contribution is 2.22. The molecule has 0 spiro atoms. The first-order chi connectivity index (χ1) is 16.2. The fourth-order valence-electron chi connectivity index (χ4n) is 3.63. The molecule has 11 nitrogen and oxygen atoms in total. The third-order valence-electron chi connectivity index (χ3n) is 5.42. The van der Waals surface area contributed by atoms with E-state index in [-0.39, 0.29) is 17.1 Å². The van der Waals surface area contributed by atoms with Gasteiger partial charge in [0.25, 0.3) is 17.2 Å². The largest absolute Gasteiger partial charge is 0.314 e. The van der Waals surface area contributed by atoms with Gasteiger partial charge >= 0.3 is 0 Å². The number of para-hydroxylation sites is 3. The standard InChI is InChI=1S/C23H20N6O5/c1-14-13-19(30)21(25-27(14)17-11-7-8-12-18(17)29(33)34)22(31)24-20-15(2)26(3)28(23(20)32)16-9-5-4-6-10-16/h4-13H,1-3H3,(H,24,31). The molecule has 1 amide bonds. The van der Waals surface area contributed by atoms with E-state index < -0.39 is 27.5 Å². The maximum Gasteiger partial charge on any atom is 0.295 e. The van der Waals surface area contributed by atoms with Crippen molar-refractivity contribution in [2.24, 2.45) is 7.05 Å². The topological polar surface area (TPSA) is 134 Å². The van der Waals surface area contributed by atoms with Gasteiger partial charge in [0, 0.05) is 24.9 Å². The molecule has 4 rings (SSSR count). The Morgan fingerprint density at radius 2 is 1.68 bits per heavy atom. The van der Waals surface area contributed by atoms with E-state index in [4.69, 9.17) is 0 Å². The van der Waals surface area contributed by atoms with Crippen LogP contribution in [0.3, 0.4) is 0 Å². The van der Waals surface area contributed by atoms with Gasteiger partial charge in [0.05, 0.1) is 16.3 Å². The smallest absolute Gasteiger partial charge is 0.295 e. The average Bonchev–Trinajstić information content (AvgIpc) is 3.02. The van der Waals surface area contributed by atoms with E-state index in [1.807, 2.05) is 6.07 Å². The Morgan fingerprint density at radius 1 is 1.03 bits per heavy atom. The molecule has 0 saturated carbocycles. The Labute approximate surface area is 192 Å². The first kappa shape index (κ1) is 22.4. The van der Waals surface area contributed by atoms with Crippen molar-refractivity contribution in [1.29, 1.82) is 0 Å². The lowest BCUT2D eigenvalue weighted by molar-refractivity contribution is -0.384. The summed E-state index contributed by atoms with van der Waals surface area (Å²) in [5.74, 6) is -0.900. The van der Waals surface area contributed by atoms with Gasteiger partial charge in [-0.05, 0) is 32.0 Å². The van der Waals surface area contributed by atoms with Crippen molar-refractivity contribution in [3.63, 3.8) is 0 Å². The minimum absolute atomic E-state index is 0.00429. The first-order valence-electron chi connectivity index (χ1n) is 10.2. The summed E-state index contributed by atoms with van der Waals surface area (Å²) in [7, 11) is 1.67. The number of hydrogen-bond acceptors (Lipinski definition) is 6. The number of anilines is 1. The Kier molecular flexibility index (Phi) is 5.68. The maximum absolute atomic E-state index is 13.1. The predicted octanol–water partition coefficient (Wildman–Crippen LogP) is 2.50. The van der Waals surface area contributed by atoms with E-state index in [0.29, 0.717) is 17.1 Å². The molecule has 0 fully saturated rings. The summed E-state index contributed by atoms with van der Waals surface area (Å²) in [5, 5.41) is 18.0. The molecule has 0 radical (unpaired) electrons. The van der Waals surface area contributed by atoms with E-state index in [2.05, 4.69) is 10.4 Å². The van der Waals surface area contributed by atoms with Crippen molar-refractivity contribution in [3.8, 4) is 11.4 Å². The third kappa shape index (κ3) is 3.79. The number of amides is 1. The summed E-state index contributed by atoms with van der Waals surface area (Å²) in [6.07, 6.45) is 0. The number of benzene rings is 2. The second-order valence-electron chi connectivity index (χ2n) is 7.55. The van der Waals surface area contributed by atoms with Gasteiger partial charge in [-0.3, -0.25) is 29.2 Å². The lowest BCUT2D eigenvalue weighted by Crippen LogP contribution is -2.29. The number of hydrogen-bond donors (Lipinski definition) is 1. The second-order valence-corrected chi connectivity index (χ2v) is 7.55. The fourth-order valence-corrected chi connectivity index (χ4v) is 3.63. The molecule has 0 unspecified atom stereocenters. The van der Waals surface area contributed by atoms with E-state index in [1.165, 1.54) is 28.9 Å². The van der Waals surface area contributed by atoms with Gasteiger partial charge in [0.1, 0.15) is 11.4 Å². The summed E-state index contributed by atoms with van der Waals surface area (Å²) >= 11 is 0. The van der Waals surface area contributed by atoms with Crippen LogP contribution in [0.4, 0.5) is 11.4 Å². The minimum Gasteiger partial charge on any atom is -0.314 e. The first-order valence-corrected chi connectivity index (χ1v) is 10.2. The lowest BCUT2D eigenvalue weighted by atomic mass is 10.2. The fraction of sp³-hybridized carbons (Fsp3) is 0.130. The Balaban J connectivity index is 1.78. The number of carbonyl (C=O) groups is 1. The monoisotopic (exact) mass is 460 g/mol. The van der Waals surface area contributed by atoms with Gasteiger partial charge in [0.15, 0.2) is 5.69 Å². The number of nitro benzene ring substituents is 1. The lowest BCUT2D eigenvalue weighted by Gasteiger charge is -2.11. The summed E-state index contributed by atoms with van der Waals surface area (Å²) in [6.45, 7) is 3.21. The molecule has 0 bridgehead atoms. The van der Waals surface area contributed by atoms with Crippen molar-refractivity contribution in [2.45, 2.75) is 13.8 Å². The summed E-state index contributed by atoms with van der Waals surface area (Å²) in [5.41, 5.74) is -0.433. The van der Waals surface area contributed by atoms with Gasteiger partial charge in [-0.25, -0.2) is 9.36 Å². The quantitative estimate of drug-likeness (QED) is 0.359. The highest BCUT2D eigenvalue weighted by atomic mass is 16.6. The summed E-state index contributed by atoms with van der Waals surface area (Å²) < 4.78 is 4.13. The van der Waals surface area contributed by atoms with Crippen LogP contribution in [0.25, 0.3) is 11.4 Å². The number of aryl methyl sites for hydroxylation is 1.